The van der Waals surface area contributed by atoms with Crippen molar-refractivity contribution in [1.29, 1.82) is 5.26 Å². The van der Waals surface area contributed by atoms with E-state index in [1.54, 1.807) is 0 Å². The molecule has 0 bridgehead atoms. The molecule has 0 radical (unpaired) electrons. The number of nitrogens with zero attached hydrogens (tertiary/aromatic N) is 3. The molecule has 0 saturated carbocycles. The van der Waals surface area contributed by atoms with Crippen molar-refractivity contribution in [2.24, 2.45) is 0 Å². The van der Waals surface area contributed by atoms with Crippen LogP contribution in [-0.2, 0) is 0 Å². The number of hydrogen-bond acceptors (Lipinski definition) is 2. The van der Waals surface area contributed by atoms with E-state index in [-0.39, 0.29) is 0 Å². The maximum Gasteiger partial charge on any atom is 0.160 e. The highest BCUT2D eigenvalue weighted by Crippen LogP contribution is 2.47. The second-order valence-electron chi connectivity index (χ2n) is 18.3. The number of fused-ring (bicyclic) bond motifs is 9. The number of hydrogen-bond donors (Lipinski definition) is 0. The summed E-state index contributed by atoms with van der Waals surface area (Å²) in [7, 11) is 0. The lowest BCUT2D eigenvalue weighted by atomic mass is 9.99. The van der Waals surface area contributed by atoms with Gasteiger partial charge in [-0.3, -0.25) is 0 Å². The summed E-state index contributed by atoms with van der Waals surface area (Å²) < 4.78 is 12.0. The Hall–Kier alpha value is -9.69. The molecule has 0 aliphatic rings. The third-order valence-corrected chi connectivity index (χ3v) is 14.4. The number of rotatable bonds is 7. The Morgan fingerprint density at radius 2 is 0.662 bits per heavy atom. The van der Waals surface area contributed by atoms with Crippen LogP contribution in [0.5, 0.6) is 0 Å². The molecule has 0 fully saturated rings. The summed E-state index contributed by atoms with van der Waals surface area (Å²) in [5, 5.41) is 17.9. The van der Waals surface area contributed by atoms with Gasteiger partial charge in [0, 0.05) is 32.5 Å². The Balaban J connectivity index is 1.13. The van der Waals surface area contributed by atoms with E-state index in [9.17, 15) is 5.26 Å². The lowest BCUT2D eigenvalue weighted by Gasteiger charge is -2.16. The maximum absolute atomic E-state index is 11.7. The van der Waals surface area contributed by atoms with E-state index in [1.807, 2.05) is 6.07 Å². The molecule has 0 aliphatic heterocycles. The van der Waals surface area contributed by atoms with Crippen LogP contribution in [0.4, 0.5) is 0 Å². The zero-order chi connectivity index (χ0) is 47.0. The van der Waals surface area contributed by atoms with Crippen LogP contribution in [-0.4, -0.2) is 9.13 Å². The summed E-state index contributed by atoms with van der Waals surface area (Å²) in [5.41, 5.74) is 18.8. The predicted octanol–water partition coefficient (Wildman–Crippen LogP) is 18.0. The van der Waals surface area contributed by atoms with Gasteiger partial charge in [-0.15, -0.1) is 0 Å². The van der Waals surface area contributed by atoms with Crippen LogP contribution in [0.1, 0.15) is 5.56 Å². The van der Waals surface area contributed by atoms with Crippen molar-refractivity contribution in [3.05, 3.63) is 254 Å². The smallest absolute Gasteiger partial charge is 0.160 e. The molecule has 11 aromatic carbocycles. The molecule has 3 aromatic heterocycles. The molecule has 330 valence electrons. The Labute approximate surface area is 409 Å². The number of furan rings is 1. The summed E-state index contributed by atoms with van der Waals surface area (Å²) in [6, 6.07) is 91.0. The highest BCUT2D eigenvalue weighted by molar-refractivity contribution is 6.19. The number of para-hydroxylation sites is 1. The van der Waals surface area contributed by atoms with Crippen molar-refractivity contribution < 1.29 is 4.42 Å². The average molecular weight is 904 g/mol. The fraction of sp³-hybridized carbons (Fsp3) is 0. The van der Waals surface area contributed by atoms with Crippen molar-refractivity contribution >= 4 is 65.6 Å². The Morgan fingerprint density at radius 3 is 1.04 bits per heavy atom. The first-order valence-corrected chi connectivity index (χ1v) is 24.1. The maximum atomic E-state index is 11.7. The van der Waals surface area contributed by atoms with E-state index in [0.29, 0.717) is 11.1 Å². The Bertz CT molecular complexity index is 4230. The molecule has 4 nitrogen and oxygen atoms in total. The van der Waals surface area contributed by atoms with Crippen LogP contribution in [0.3, 0.4) is 0 Å². The summed E-state index contributed by atoms with van der Waals surface area (Å²) in [5.74, 6) is 0. The zero-order valence-corrected chi connectivity index (χ0v) is 38.4. The summed E-state index contributed by atoms with van der Waals surface area (Å²) in [4.78, 5) is 0. The molecule has 0 atom stereocenters. The number of aromatic nitrogens is 2. The van der Waals surface area contributed by atoms with E-state index in [4.69, 9.17) is 4.42 Å². The largest absolute Gasteiger partial charge is 0.453 e. The monoisotopic (exact) mass is 903 g/mol. The van der Waals surface area contributed by atoms with Crippen LogP contribution in [0.25, 0.3) is 133 Å². The topological polar surface area (TPSA) is 46.8 Å². The molecule has 0 spiro atoms. The molecule has 14 rings (SSSR count). The Morgan fingerprint density at radius 1 is 0.296 bits per heavy atom. The first-order chi connectivity index (χ1) is 35.2. The van der Waals surface area contributed by atoms with Gasteiger partial charge in [0.1, 0.15) is 11.7 Å². The highest BCUT2D eigenvalue weighted by atomic mass is 16.3. The summed E-state index contributed by atoms with van der Waals surface area (Å²) in [6.45, 7) is 0. The van der Waals surface area contributed by atoms with Gasteiger partial charge in [0.05, 0.1) is 44.4 Å². The second-order valence-corrected chi connectivity index (χ2v) is 18.3. The first-order valence-electron chi connectivity index (χ1n) is 24.1. The van der Waals surface area contributed by atoms with Crippen LogP contribution in [0.2, 0.25) is 0 Å². The van der Waals surface area contributed by atoms with Crippen LogP contribution in [0, 0.1) is 11.3 Å². The fourth-order valence-corrected chi connectivity index (χ4v) is 11.1. The molecule has 4 heteroatoms. The minimum atomic E-state index is 0.546. The van der Waals surface area contributed by atoms with Gasteiger partial charge < -0.3 is 13.6 Å². The molecule has 3 heterocycles. The molecule has 14 aromatic rings. The van der Waals surface area contributed by atoms with Crippen LogP contribution >= 0.6 is 0 Å². The lowest BCUT2D eigenvalue weighted by Crippen LogP contribution is -2.03. The normalized spacial score (nSPS) is 11.6. The third kappa shape index (κ3) is 6.45. The predicted molar refractivity (Wildman–Crippen MR) is 294 cm³/mol. The van der Waals surface area contributed by atoms with Crippen LogP contribution < -0.4 is 0 Å². The van der Waals surface area contributed by atoms with Gasteiger partial charge in [-0.2, -0.15) is 5.26 Å². The molecule has 0 N–H and O–H groups in total. The number of nitriles is 1. The van der Waals surface area contributed by atoms with E-state index < -0.39 is 0 Å². The minimum Gasteiger partial charge on any atom is -0.453 e. The molecular formula is C67H41N3O. The van der Waals surface area contributed by atoms with Gasteiger partial charge >= 0.3 is 0 Å². The molecular weight excluding hydrogens is 863 g/mol. The summed E-state index contributed by atoms with van der Waals surface area (Å²) >= 11 is 0. The van der Waals surface area contributed by atoms with Crippen LogP contribution in [0.15, 0.2) is 253 Å². The molecule has 0 amide bonds. The van der Waals surface area contributed by atoms with Gasteiger partial charge in [0.2, 0.25) is 0 Å². The molecule has 0 unspecified atom stereocenters. The summed E-state index contributed by atoms with van der Waals surface area (Å²) in [6.07, 6.45) is 0. The lowest BCUT2D eigenvalue weighted by molar-refractivity contribution is 0.667. The quantitative estimate of drug-likeness (QED) is 0.160. The second kappa shape index (κ2) is 16.2. The van der Waals surface area contributed by atoms with E-state index in [0.717, 1.165) is 127 Å². The van der Waals surface area contributed by atoms with Gasteiger partial charge in [0.25, 0.3) is 0 Å². The van der Waals surface area contributed by atoms with Crippen molar-refractivity contribution in [3.63, 3.8) is 0 Å². The van der Waals surface area contributed by atoms with E-state index in [1.165, 1.54) is 0 Å². The molecule has 71 heavy (non-hydrogen) atoms. The standard InChI is InChI=1S/C67H41N3O/c68-42-58-63(69-59-33-29-48(43-17-6-1-7-18-43)37-54(59)55-38-49(30-34-60(55)69)44-19-8-2-9-20-44)41-64(67-65(58)53-28-16-27-52(66(53)71-67)47-25-14-5-15-26-47)70-61-35-31-50(45-21-10-3-11-22-45)39-56(61)57-40-51(32-36-62(57)70)46-23-12-4-13-24-46/h1-41H. The molecule has 0 saturated heterocycles. The van der Waals surface area contributed by atoms with Crippen molar-refractivity contribution in [2.75, 3.05) is 0 Å². The van der Waals surface area contributed by atoms with Crippen molar-refractivity contribution in [1.82, 2.24) is 9.13 Å². The third-order valence-electron chi connectivity index (χ3n) is 14.4. The van der Waals surface area contributed by atoms with Gasteiger partial charge in [-0.25, -0.2) is 0 Å². The fourth-order valence-electron chi connectivity index (χ4n) is 11.1. The van der Waals surface area contributed by atoms with E-state index >= 15 is 0 Å². The number of benzene rings is 11. The van der Waals surface area contributed by atoms with Gasteiger partial charge in [-0.05, 0) is 105 Å². The van der Waals surface area contributed by atoms with E-state index in [2.05, 4.69) is 258 Å². The Kier molecular flexibility index (Phi) is 9.23. The van der Waals surface area contributed by atoms with Crippen molar-refractivity contribution in [3.8, 4) is 73.1 Å². The van der Waals surface area contributed by atoms with Crippen molar-refractivity contribution in [2.45, 2.75) is 0 Å². The highest BCUT2D eigenvalue weighted by Gasteiger charge is 2.27. The zero-order valence-electron chi connectivity index (χ0n) is 38.4. The average Bonchev–Trinajstić information content (AvgIpc) is 4.11. The first kappa shape index (κ1) is 40.4. The minimum absolute atomic E-state index is 0.546. The molecule has 0 aliphatic carbocycles. The van der Waals surface area contributed by atoms with Gasteiger partial charge in [0.15, 0.2) is 5.58 Å². The SMILES string of the molecule is N#Cc1c(-n2c3ccc(-c4ccccc4)cc3c3cc(-c4ccccc4)ccc32)cc(-n2c3ccc(-c4ccccc4)cc3c3cc(-c4ccccc4)ccc32)c2oc3c(-c4ccccc4)cccc3c12. The van der Waals surface area contributed by atoms with Gasteiger partial charge in [-0.1, -0.05) is 194 Å².